The third kappa shape index (κ3) is 3.72. The molecule has 1 amide bonds. The standard InChI is InChI=1S/C19H21N3O4/c1-12-16(10-20-18(21-12)13-6-4-3-5-7-13)19(25)22-11-15(26-2)8-14(22)9-17(23)24/h3-7,10,14-15H,8-9,11H2,1-2H3,(H,23,24). The Labute approximate surface area is 151 Å². The number of aromatic nitrogens is 2. The van der Waals surface area contributed by atoms with Gasteiger partial charge in [0.25, 0.3) is 5.91 Å². The summed E-state index contributed by atoms with van der Waals surface area (Å²) in [5.41, 5.74) is 1.83. The van der Waals surface area contributed by atoms with Crippen molar-refractivity contribution < 1.29 is 19.4 Å². The molecule has 2 aromatic rings. The number of carbonyl (C=O) groups is 2. The summed E-state index contributed by atoms with van der Waals surface area (Å²) in [7, 11) is 1.57. The van der Waals surface area contributed by atoms with Crippen LogP contribution in [-0.2, 0) is 9.53 Å². The van der Waals surface area contributed by atoms with Crippen LogP contribution in [0.25, 0.3) is 11.4 Å². The monoisotopic (exact) mass is 355 g/mol. The molecule has 136 valence electrons. The lowest BCUT2D eigenvalue weighted by Crippen LogP contribution is -2.37. The van der Waals surface area contributed by atoms with Gasteiger partial charge in [0.1, 0.15) is 0 Å². The number of carboxylic acids is 1. The summed E-state index contributed by atoms with van der Waals surface area (Å²) in [6.07, 6.45) is 1.77. The molecule has 0 spiro atoms. The van der Waals surface area contributed by atoms with Crippen LogP contribution >= 0.6 is 0 Å². The highest BCUT2D eigenvalue weighted by Gasteiger charge is 2.37. The Hall–Kier alpha value is -2.80. The smallest absolute Gasteiger partial charge is 0.305 e. The first kappa shape index (κ1) is 18.0. The van der Waals surface area contributed by atoms with Gasteiger partial charge in [-0.15, -0.1) is 0 Å². The van der Waals surface area contributed by atoms with Gasteiger partial charge in [-0.05, 0) is 13.3 Å². The maximum absolute atomic E-state index is 13.0. The minimum absolute atomic E-state index is 0.104. The summed E-state index contributed by atoms with van der Waals surface area (Å²) in [5.74, 6) is -0.636. The molecule has 2 unspecified atom stereocenters. The van der Waals surface area contributed by atoms with E-state index in [1.54, 1.807) is 18.9 Å². The predicted molar refractivity (Wildman–Crippen MR) is 94.7 cm³/mol. The van der Waals surface area contributed by atoms with E-state index in [0.29, 0.717) is 30.0 Å². The molecule has 1 aliphatic rings. The fourth-order valence-electron chi connectivity index (χ4n) is 3.25. The number of aryl methyl sites for hydroxylation is 1. The van der Waals surface area contributed by atoms with Crippen molar-refractivity contribution in [1.29, 1.82) is 0 Å². The summed E-state index contributed by atoms with van der Waals surface area (Å²) in [6.45, 7) is 2.13. The Bertz CT molecular complexity index is 810. The van der Waals surface area contributed by atoms with Crippen molar-refractivity contribution in [3.8, 4) is 11.4 Å². The van der Waals surface area contributed by atoms with Crippen molar-refractivity contribution in [3.63, 3.8) is 0 Å². The topological polar surface area (TPSA) is 92.6 Å². The van der Waals surface area contributed by atoms with E-state index in [1.807, 2.05) is 30.3 Å². The van der Waals surface area contributed by atoms with Crippen molar-refractivity contribution in [3.05, 3.63) is 47.8 Å². The second-order valence-electron chi connectivity index (χ2n) is 6.36. The Balaban J connectivity index is 1.85. The Morgan fingerprint density at radius 2 is 2.04 bits per heavy atom. The van der Waals surface area contributed by atoms with E-state index in [4.69, 9.17) is 9.84 Å². The molecule has 1 aromatic heterocycles. The maximum atomic E-state index is 13.0. The van der Waals surface area contributed by atoms with Crippen LogP contribution in [0.2, 0.25) is 0 Å². The van der Waals surface area contributed by atoms with Crippen LogP contribution in [0.4, 0.5) is 0 Å². The SMILES string of the molecule is COC1CC(CC(=O)O)N(C(=O)c2cnc(-c3ccccc3)nc2C)C1. The fraction of sp³-hybridized carbons (Fsp3) is 0.368. The van der Waals surface area contributed by atoms with E-state index >= 15 is 0 Å². The first-order valence-corrected chi connectivity index (χ1v) is 8.44. The van der Waals surface area contributed by atoms with E-state index in [1.165, 1.54) is 6.20 Å². The molecule has 1 N–H and O–H groups in total. The Kier molecular flexibility index (Phi) is 5.27. The number of hydrogen-bond donors (Lipinski definition) is 1. The van der Waals surface area contributed by atoms with Gasteiger partial charge in [0.05, 0.1) is 23.8 Å². The van der Waals surface area contributed by atoms with Gasteiger partial charge in [0.15, 0.2) is 5.82 Å². The predicted octanol–water partition coefficient (Wildman–Crippen LogP) is 2.16. The number of likely N-dealkylation sites (tertiary alicyclic amines) is 1. The lowest BCUT2D eigenvalue weighted by molar-refractivity contribution is -0.137. The van der Waals surface area contributed by atoms with Crippen LogP contribution in [0.1, 0.15) is 28.9 Å². The van der Waals surface area contributed by atoms with Gasteiger partial charge in [-0.1, -0.05) is 30.3 Å². The number of nitrogens with zero attached hydrogens (tertiary/aromatic N) is 3. The van der Waals surface area contributed by atoms with Crippen molar-refractivity contribution in [2.75, 3.05) is 13.7 Å². The molecule has 3 rings (SSSR count). The lowest BCUT2D eigenvalue weighted by Gasteiger charge is -2.23. The fourth-order valence-corrected chi connectivity index (χ4v) is 3.25. The van der Waals surface area contributed by atoms with Crippen molar-refractivity contribution in [2.45, 2.75) is 31.9 Å². The van der Waals surface area contributed by atoms with Crippen LogP contribution in [0.3, 0.4) is 0 Å². The summed E-state index contributed by atoms with van der Waals surface area (Å²) >= 11 is 0. The highest BCUT2D eigenvalue weighted by Crippen LogP contribution is 2.26. The van der Waals surface area contributed by atoms with E-state index in [2.05, 4.69) is 9.97 Å². The van der Waals surface area contributed by atoms with Crippen LogP contribution in [0, 0.1) is 6.92 Å². The number of ether oxygens (including phenoxy) is 1. The molecule has 2 atom stereocenters. The molecule has 26 heavy (non-hydrogen) atoms. The van der Waals surface area contributed by atoms with Crippen molar-refractivity contribution in [1.82, 2.24) is 14.9 Å². The first-order valence-electron chi connectivity index (χ1n) is 8.44. The minimum atomic E-state index is -0.933. The molecule has 0 radical (unpaired) electrons. The second-order valence-corrected chi connectivity index (χ2v) is 6.36. The van der Waals surface area contributed by atoms with Crippen molar-refractivity contribution >= 4 is 11.9 Å². The molecule has 7 heteroatoms. The molecule has 0 bridgehead atoms. The van der Waals surface area contributed by atoms with Gasteiger partial charge < -0.3 is 14.7 Å². The van der Waals surface area contributed by atoms with E-state index < -0.39 is 12.0 Å². The normalized spacial score (nSPS) is 19.5. The highest BCUT2D eigenvalue weighted by molar-refractivity contribution is 5.95. The number of carbonyl (C=O) groups excluding carboxylic acids is 1. The number of hydrogen-bond acceptors (Lipinski definition) is 5. The molecule has 1 aromatic carbocycles. The average molecular weight is 355 g/mol. The molecule has 0 saturated carbocycles. The Morgan fingerprint density at radius 1 is 1.31 bits per heavy atom. The van der Waals surface area contributed by atoms with Crippen LogP contribution in [0.5, 0.6) is 0 Å². The number of methoxy groups -OCH3 is 1. The molecule has 7 nitrogen and oxygen atoms in total. The van der Waals surface area contributed by atoms with Crippen LogP contribution in [0.15, 0.2) is 36.5 Å². The van der Waals surface area contributed by atoms with Crippen LogP contribution < -0.4 is 0 Å². The minimum Gasteiger partial charge on any atom is -0.481 e. The lowest BCUT2D eigenvalue weighted by atomic mass is 10.1. The van der Waals surface area contributed by atoms with E-state index in [-0.39, 0.29) is 18.4 Å². The third-order valence-electron chi connectivity index (χ3n) is 4.62. The van der Waals surface area contributed by atoms with Gasteiger partial charge in [0.2, 0.25) is 0 Å². The molecule has 0 aliphatic carbocycles. The zero-order chi connectivity index (χ0) is 18.7. The molecule has 1 fully saturated rings. The third-order valence-corrected chi connectivity index (χ3v) is 4.62. The molecule has 2 heterocycles. The number of aliphatic carboxylic acids is 1. The van der Waals surface area contributed by atoms with Crippen LogP contribution in [-0.4, -0.2) is 57.7 Å². The summed E-state index contributed by atoms with van der Waals surface area (Å²) in [5, 5.41) is 9.12. The Morgan fingerprint density at radius 3 is 2.65 bits per heavy atom. The zero-order valence-electron chi connectivity index (χ0n) is 14.8. The quantitative estimate of drug-likeness (QED) is 0.883. The number of benzene rings is 1. The summed E-state index contributed by atoms with van der Waals surface area (Å²) in [4.78, 5) is 34.4. The number of carboxylic acid groups (broad SMARTS) is 1. The second kappa shape index (κ2) is 7.61. The summed E-state index contributed by atoms with van der Waals surface area (Å²) < 4.78 is 5.33. The highest BCUT2D eigenvalue weighted by atomic mass is 16.5. The molecule has 1 saturated heterocycles. The number of amides is 1. The molecular formula is C19H21N3O4. The van der Waals surface area contributed by atoms with Crippen molar-refractivity contribution in [2.24, 2.45) is 0 Å². The summed E-state index contributed by atoms with van der Waals surface area (Å²) in [6, 6.07) is 9.14. The van der Waals surface area contributed by atoms with Gasteiger partial charge in [-0.25, -0.2) is 9.97 Å². The largest absolute Gasteiger partial charge is 0.481 e. The van der Waals surface area contributed by atoms with Gasteiger partial charge in [0, 0.05) is 31.5 Å². The molecule has 1 aliphatic heterocycles. The zero-order valence-corrected chi connectivity index (χ0v) is 14.8. The average Bonchev–Trinajstić information content (AvgIpc) is 3.04. The first-order chi connectivity index (χ1) is 12.5. The maximum Gasteiger partial charge on any atom is 0.305 e. The molecular weight excluding hydrogens is 334 g/mol. The number of rotatable bonds is 5. The van der Waals surface area contributed by atoms with Gasteiger partial charge >= 0.3 is 5.97 Å². The van der Waals surface area contributed by atoms with Gasteiger partial charge in [-0.3, -0.25) is 9.59 Å². The van der Waals surface area contributed by atoms with E-state index in [9.17, 15) is 9.59 Å². The van der Waals surface area contributed by atoms with E-state index in [0.717, 1.165) is 5.56 Å². The van der Waals surface area contributed by atoms with Gasteiger partial charge in [-0.2, -0.15) is 0 Å².